The summed E-state index contributed by atoms with van der Waals surface area (Å²) in [5.41, 5.74) is -0.341. The van der Waals surface area contributed by atoms with Gasteiger partial charge in [-0.2, -0.15) is 26.3 Å². The van der Waals surface area contributed by atoms with Crippen molar-refractivity contribution in [2.45, 2.75) is 38.2 Å². The van der Waals surface area contributed by atoms with Gasteiger partial charge in [-0.3, -0.25) is 10.2 Å². The Hall–Kier alpha value is -2.46. The second-order valence-electron chi connectivity index (χ2n) is 5.15. The zero-order valence-electron chi connectivity index (χ0n) is 13.1. The van der Waals surface area contributed by atoms with Gasteiger partial charge in [0.25, 0.3) is 5.91 Å². The monoisotopic (exact) mass is 371 g/mol. The molecule has 0 atom stereocenters. The number of amides is 3. The van der Waals surface area contributed by atoms with Crippen LogP contribution in [0.25, 0.3) is 0 Å². The fourth-order valence-corrected chi connectivity index (χ4v) is 1.91. The molecule has 11 heteroatoms. The Morgan fingerprint density at radius 2 is 1.40 bits per heavy atom. The maximum absolute atomic E-state index is 12.9. The van der Waals surface area contributed by atoms with Gasteiger partial charge in [0.2, 0.25) is 5.54 Å². The Kier molecular flexibility index (Phi) is 5.92. The molecule has 0 aliphatic heterocycles. The molecule has 25 heavy (non-hydrogen) atoms. The van der Waals surface area contributed by atoms with Gasteiger partial charge in [-0.25, -0.2) is 10.2 Å². The van der Waals surface area contributed by atoms with Gasteiger partial charge >= 0.3 is 18.4 Å². The molecule has 1 aromatic rings. The van der Waals surface area contributed by atoms with Crippen molar-refractivity contribution in [1.29, 1.82) is 0 Å². The number of hydrogen-bond acceptors (Lipinski definition) is 2. The fraction of sp³-hybridized carbons (Fsp3) is 0.429. The van der Waals surface area contributed by atoms with Crippen LogP contribution < -0.4 is 16.2 Å². The second-order valence-corrected chi connectivity index (χ2v) is 5.15. The van der Waals surface area contributed by atoms with Gasteiger partial charge in [0, 0.05) is 5.56 Å². The number of benzene rings is 1. The molecule has 0 aliphatic carbocycles. The molecule has 0 fully saturated rings. The maximum atomic E-state index is 12.9. The molecule has 1 aromatic carbocycles. The van der Waals surface area contributed by atoms with E-state index in [1.165, 1.54) is 17.6 Å². The highest BCUT2D eigenvalue weighted by atomic mass is 19.4. The molecule has 5 nitrogen and oxygen atoms in total. The predicted molar refractivity (Wildman–Crippen MR) is 75.4 cm³/mol. The number of carbonyl (C=O) groups excluding carboxylic acids is 2. The topological polar surface area (TPSA) is 70.2 Å². The Morgan fingerprint density at radius 3 is 1.80 bits per heavy atom. The first-order valence-corrected chi connectivity index (χ1v) is 6.92. The zero-order valence-corrected chi connectivity index (χ0v) is 13.1. The minimum atomic E-state index is -5.78. The summed E-state index contributed by atoms with van der Waals surface area (Å²) >= 11 is 0. The lowest BCUT2D eigenvalue weighted by atomic mass is 9.94. The number of halogens is 6. The molecule has 0 aromatic heterocycles. The van der Waals surface area contributed by atoms with E-state index in [0.717, 1.165) is 10.9 Å². The molecule has 140 valence electrons. The first-order chi connectivity index (χ1) is 11.3. The predicted octanol–water partition coefficient (Wildman–Crippen LogP) is 3.21. The summed E-state index contributed by atoms with van der Waals surface area (Å²) in [6.45, 7) is 2.37. The Labute approximate surface area is 138 Å². The summed E-state index contributed by atoms with van der Waals surface area (Å²) in [4.78, 5) is 23.2. The van der Waals surface area contributed by atoms with Crippen LogP contribution in [-0.4, -0.2) is 29.8 Å². The minimum Gasteiger partial charge on any atom is -0.315 e. The minimum absolute atomic E-state index is 0.0549. The van der Waals surface area contributed by atoms with Crippen molar-refractivity contribution in [2.24, 2.45) is 0 Å². The van der Waals surface area contributed by atoms with Crippen molar-refractivity contribution < 1.29 is 35.9 Å². The number of alkyl halides is 6. The van der Waals surface area contributed by atoms with Crippen molar-refractivity contribution in [1.82, 2.24) is 16.2 Å². The van der Waals surface area contributed by atoms with Crippen molar-refractivity contribution in [3.8, 4) is 0 Å². The van der Waals surface area contributed by atoms with Crippen LogP contribution in [-0.2, 0) is 0 Å². The van der Waals surface area contributed by atoms with Gasteiger partial charge in [0.05, 0.1) is 0 Å². The van der Waals surface area contributed by atoms with Crippen molar-refractivity contribution in [3.63, 3.8) is 0 Å². The van der Waals surface area contributed by atoms with Crippen molar-refractivity contribution in [2.75, 3.05) is 0 Å². The summed E-state index contributed by atoms with van der Waals surface area (Å²) in [6, 6.07) is 4.00. The van der Waals surface area contributed by atoms with E-state index in [2.05, 4.69) is 0 Å². The molecule has 1 rings (SSSR count). The number of hydrogen-bond donors (Lipinski definition) is 3. The molecule has 0 heterocycles. The molecule has 0 bridgehead atoms. The van der Waals surface area contributed by atoms with Crippen molar-refractivity contribution in [3.05, 3.63) is 35.4 Å². The second kappa shape index (κ2) is 7.19. The number of aryl methyl sites for hydroxylation is 1. The van der Waals surface area contributed by atoms with E-state index in [0.29, 0.717) is 6.92 Å². The van der Waals surface area contributed by atoms with Crippen LogP contribution >= 0.6 is 0 Å². The van der Waals surface area contributed by atoms with Crippen molar-refractivity contribution >= 4 is 11.9 Å². The fourth-order valence-electron chi connectivity index (χ4n) is 1.91. The summed E-state index contributed by atoms with van der Waals surface area (Å²) < 4.78 is 77.3. The van der Waals surface area contributed by atoms with Crippen LogP contribution in [0.2, 0.25) is 0 Å². The third-order valence-electron chi connectivity index (χ3n) is 3.43. The highest BCUT2D eigenvalue weighted by Gasteiger charge is 2.70. The van der Waals surface area contributed by atoms with Crippen LogP contribution in [0.15, 0.2) is 24.3 Å². The van der Waals surface area contributed by atoms with Crippen LogP contribution in [0.3, 0.4) is 0 Å². The lowest BCUT2D eigenvalue weighted by molar-refractivity contribution is -0.304. The van der Waals surface area contributed by atoms with E-state index >= 15 is 0 Å². The molecular weight excluding hydrogens is 356 g/mol. The smallest absolute Gasteiger partial charge is 0.315 e. The molecule has 3 N–H and O–H groups in total. The maximum Gasteiger partial charge on any atom is 0.420 e. The van der Waals surface area contributed by atoms with E-state index < -0.39 is 36.3 Å². The molecule has 0 spiro atoms. The average Bonchev–Trinajstić information content (AvgIpc) is 2.48. The van der Waals surface area contributed by atoms with E-state index in [9.17, 15) is 35.9 Å². The van der Waals surface area contributed by atoms with Gasteiger partial charge in [-0.05, 0) is 25.5 Å². The average molecular weight is 371 g/mol. The molecule has 0 aliphatic rings. The number of hydrazine groups is 1. The lowest BCUT2D eigenvalue weighted by Gasteiger charge is -2.36. The number of urea groups is 1. The van der Waals surface area contributed by atoms with Gasteiger partial charge in [0.15, 0.2) is 0 Å². The molecule has 0 radical (unpaired) electrons. The normalized spacial score (nSPS) is 12.5. The Morgan fingerprint density at radius 1 is 0.920 bits per heavy atom. The molecule has 0 unspecified atom stereocenters. The quantitative estimate of drug-likeness (QED) is 0.564. The van der Waals surface area contributed by atoms with Gasteiger partial charge in [-0.1, -0.05) is 24.6 Å². The summed E-state index contributed by atoms with van der Waals surface area (Å²) in [7, 11) is 0. The molecular formula is C14H15F6N3O2. The number of nitrogens with one attached hydrogen (secondary N) is 3. The molecule has 0 saturated heterocycles. The number of carbonyl (C=O) groups is 2. The van der Waals surface area contributed by atoms with Crippen LogP contribution in [0, 0.1) is 6.92 Å². The van der Waals surface area contributed by atoms with Gasteiger partial charge in [0.1, 0.15) is 0 Å². The largest absolute Gasteiger partial charge is 0.420 e. The summed E-state index contributed by atoms with van der Waals surface area (Å²) in [6.07, 6.45) is -13.0. The van der Waals surface area contributed by atoms with E-state index in [1.807, 2.05) is 0 Å². The summed E-state index contributed by atoms with van der Waals surface area (Å²) in [5, 5.41) is 0.861. The highest BCUT2D eigenvalue weighted by Crippen LogP contribution is 2.45. The lowest BCUT2D eigenvalue weighted by Crippen LogP contribution is -2.69. The van der Waals surface area contributed by atoms with E-state index in [-0.39, 0.29) is 5.56 Å². The molecule has 0 saturated carbocycles. The third kappa shape index (κ3) is 4.54. The van der Waals surface area contributed by atoms with Crippen LogP contribution in [0.5, 0.6) is 0 Å². The summed E-state index contributed by atoms with van der Waals surface area (Å²) in [5.74, 6) is -0.906. The van der Waals surface area contributed by atoms with Gasteiger partial charge in [-0.15, -0.1) is 0 Å². The van der Waals surface area contributed by atoms with E-state index in [1.54, 1.807) is 24.5 Å². The first kappa shape index (κ1) is 20.6. The van der Waals surface area contributed by atoms with E-state index in [4.69, 9.17) is 0 Å². The number of rotatable bonds is 3. The SMILES string of the molecule is CCC(NC(=O)NNC(=O)c1ccc(C)cc1)(C(F)(F)F)C(F)(F)F. The van der Waals surface area contributed by atoms with Gasteiger partial charge < -0.3 is 5.32 Å². The van der Waals surface area contributed by atoms with Crippen LogP contribution in [0.1, 0.15) is 29.3 Å². The standard InChI is InChI=1S/C14H15F6N3O2/c1-3-12(13(15,16)17,14(18,19)20)21-11(25)23-22-10(24)9-6-4-8(2)5-7-9/h4-7H,3H2,1-2H3,(H,22,24)(H2,21,23,25). The zero-order chi connectivity index (χ0) is 19.5. The first-order valence-electron chi connectivity index (χ1n) is 6.92. The molecule has 3 amide bonds. The Balaban J connectivity index is 2.82. The highest BCUT2D eigenvalue weighted by molar-refractivity contribution is 5.95. The van der Waals surface area contributed by atoms with Crippen LogP contribution in [0.4, 0.5) is 31.1 Å². The third-order valence-corrected chi connectivity index (χ3v) is 3.43. The Bertz CT molecular complexity index is 611.